The number of rotatable bonds is 5. The van der Waals surface area contributed by atoms with Gasteiger partial charge in [0.05, 0.1) is 11.6 Å². The van der Waals surface area contributed by atoms with Crippen molar-refractivity contribution >= 4 is 34.4 Å². The Hall–Kier alpha value is -2.34. The van der Waals surface area contributed by atoms with Crippen LogP contribution in [-0.4, -0.2) is 25.8 Å². The van der Waals surface area contributed by atoms with E-state index in [9.17, 15) is 0 Å². The first kappa shape index (κ1) is 16.1. The highest BCUT2D eigenvalue weighted by molar-refractivity contribution is 6.31. The van der Waals surface area contributed by atoms with Crippen LogP contribution < -0.4 is 10.6 Å². The van der Waals surface area contributed by atoms with Crippen LogP contribution in [0.5, 0.6) is 0 Å². The second-order valence-corrected chi connectivity index (χ2v) is 6.88. The second-order valence-electron chi connectivity index (χ2n) is 6.47. The molecule has 7 heteroatoms. The third kappa shape index (κ3) is 3.39. The Bertz CT molecular complexity index is 884. The molecule has 1 saturated carbocycles. The van der Waals surface area contributed by atoms with E-state index in [1.54, 1.807) is 10.9 Å². The molecule has 2 N–H and O–H groups in total. The number of halogens is 1. The highest BCUT2D eigenvalue weighted by Crippen LogP contribution is 2.26. The van der Waals surface area contributed by atoms with Crippen molar-refractivity contribution in [1.29, 1.82) is 0 Å². The van der Waals surface area contributed by atoms with Crippen LogP contribution in [0.25, 0.3) is 11.0 Å². The van der Waals surface area contributed by atoms with Gasteiger partial charge in [-0.2, -0.15) is 15.1 Å². The third-order valence-corrected chi connectivity index (χ3v) is 5.05. The van der Waals surface area contributed by atoms with Crippen LogP contribution in [0.4, 0.5) is 11.8 Å². The first-order chi connectivity index (χ1) is 12.2. The van der Waals surface area contributed by atoms with Gasteiger partial charge in [0.25, 0.3) is 0 Å². The van der Waals surface area contributed by atoms with Gasteiger partial charge in [-0.05, 0) is 24.5 Å². The summed E-state index contributed by atoms with van der Waals surface area (Å²) < 4.78 is 1.78. The Morgan fingerprint density at radius 3 is 2.80 bits per heavy atom. The molecule has 6 nitrogen and oxygen atoms in total. The van der Waals surface area contributed by atoms with Crippen molar-refractivity contribution in [2.75, 3.05) is 10.6 Å². The van der Waals surface area contributed by atoms with E-state index in [4.69, 9.17) is 16.6 Å². The van der Waals surface area contributed by atoms with E-state index < -0.39 is 0 Å². The maximum atomic E-state index is 6.26. The number of aryl methyl sites for hydroxylation is 1. The summed E-state index contributed by atoms with van der Waals surface area (Å²) in [5.74, 6) is 1.43. The van der Waals surface area contributed by atoms with Gasteiger partial charge in [0.2, 0.25) is 5.95 Å². The predicted octanol–water partition coefficient (Wildman–Crippen LogP) is 3.98. The van der Waals surface area contributed by atoms with Crippen molar-refractivity contribution in [3.8, 4) is 0 Å². The fourth-order valence-corrected chi connectivity index (χ4v) is 3.50. The van der Waals surface area contributed by atoms with Crippen LogP contribution in [0, 0.1) is 0 Å². The summed E-state index contributed by atoms with van der Waals surface area (Å²) in [6.45, 7) is 0.601. The fourth-order valence-electron chi connectivity index (χ4n) is 3.29. The summed E-state index contributed by atoms with van der Waals surface area (Å²) in [7, 11) is 1.90. The molecule has 1 aromatic carbocycles. The summed E-state index contributed by atoms with van der Waals surface area (Å²) in [6.07, 6.45) is 6.68. The number of hydrogen-bond acceptors (Lipinski definition) is 5. The van der Waals surface area contributed by atoms with Crippen LogP contribution in [0.1, 0.15) is 31.2 Å². The molecule has 1 fully saturated rings. The van der Waals surface area contributed by atoms with Crippen molar-refractivity contribution in [2.24, 2.45) is 7.05 Å². The molecule has 4 rings (SSSR count). The van der Waals surface area contributed by atoms with Gasteiger partial charge in [-0.1, -0.05) is 42.6 Å². The van der Waals surface area contributed by atoms with Gasteiger partial charge < -0.3 is 10.6 Å². The van der Waals surface area contributed by atoms with Crippen molar-refractivity contribution in [3.63, 3.8) is 0 Å². The fraction of sp³-hybridized carbons (Fsp3) is 0.389. The molecule has 2 aromatic heterocycles. The molecule has 130 valence electrons. The number of benzene rings is 1. The van der Waals surface area contributed by atoms with E-state index in [0.29, 0.717) is 18.5 Å². The van der Waals surface area contributed by atoms with E-state index in [1.165, 1.54) is 25.7 Å². The molecule has 2 heterocycles. The summed E-state index contributed by atoms with van der Waals surface area (Å²) in [4.78, 5) is 9.34. The Balaban J connectivity index is 1.62. The smallest absolute Gasteiger partial charge is 0.226 e. The molecule has 1 aliphatic rings. The highest BCUT2D eigenvalue weighted by Gasteiger charge is 2.18. The third-order valence-electron chi connectivity index (χ3n) is 4.68. The lowest BCUT2D eigenvalue weighted by Gasteiger charge is -2.14. The van der Waals surface area contributed by atoms with Gasteiger partial charge >= 0.3 is 0 Å². The minimum Gasteiger partial charge on any atom is -0.365 e. The lowest BCUT2D eigenvalue weighted by Crippen LogP contribution is -2.17. The maximum Gasteiger partial charge on any atom is 0.226 e. The van der Waals surface area contributed by atoms with E-state index in [1.807, 2.05) is 31.3 Å². The van der Waals surface area contributed by atoms with Crippen LogP contribution in [-0.2, 0) is 13.6 Å². The van der Waals surface area contributed by atoms with Gasteiger partial charge in [0, 0.05) is 24.7 Å². The Labute approximate surface area is 151 Å². The van der Waals surface area contributed by atoms with Crippen LogP contribution in [0.3, 0.4) is 0 Å². The molecule has 3 aromatic rings. The largest absolute Gasteiger partial charge is 0.365 e. The molecule has 0 unspecified atom stereocenters. The molecule has 0 amide bonds. The topological polar surface area (TPSA) is 67.7 Å². The average molecular weight is 357 g/mol. The Morgan fingerprint density at radius 2 is 2.00 bits per heavy atom. The normalized spacial score (nSPS) is 15.0. The van der Waals surface area contributed by atoms with Gasteiger partial charge in [0.1, 0.15) is 5.82 Å². The zero-order valence-electron chi connectivity index (χ0n) is 14.2. The lowest BCUT2D eigenvalue weighted by atomic mass is 10.2. The number of anilines is 2. The molecule has 1 aliphatic carbocycles. The number of hydrogen-bond donors (Lipinski definition) is 2. The summed E-state index contributed by atoms with van der Waals surface area (Å²) in [5.41, 5.74) is 1.85. The predicted molar refractivity (Wildman–Crippen MR) is 101 cm³/mol. The van der Waals surface area contributed by atoms with Crippen LogP contribution >= 0.6 is 11.6 Å². The number of nitrogens with zero attached hydrogens (tertiary/aromatic N) is 4. The van der Waals surface area contributed by atoms with E-state index in [-0.39, 0.29) is 0 Å². The van der Waals surface area contributed by atoms with E-state index >= 15 is 0 Å². The minimum absolute atomic E-state index is 0.460. The molecular weight excluding hydrogens is 336 g/mol. The van der Waals surface area contributed by atoms with Crippen molar-refractivity contribution < 1.29 is 0 Å². The molecular formula is C18H21ClN6. The maximum absolute atomic E-state index is 6.26. The first-order valence-corrected chi connectivity index (χ1v) is 9.02. The van der Waals surface area contributed by atoms with Crippen LogP contribution in [0.15, 0.2) is 30.5 Å². The SMILES string of the molecule is Cn1ncc2c(NCc3ccccc3Cl)nc(NC3CCCC3)nc21. The zero-order valence-corrected chi connectivity index (χ0v) is 14.9. The molecule has 0 saturated heterocycles. The lowest BCUT2D eigenvalue weighted by molar-refractivity contribution is 0.741. The highest BCUT2D eigenvalue weighted by atomic mass is 35.5. The summed E-state index contributed by atoms with van der Waals surface area (Å²) in [5, 5.41) is 12.8. The number of aromatic nitrogens is 4. The van der Waals surface area contributed by atoms with Crippen LogP contribution in [0.2, 0.25) is 5.02 Å². The summed E-state index contributed by atoms with van der Waals surface area (Å²) in [6, 6.07) is 8.27. The van der Waals surface area contributed by atoms with Crippen molar-refractivity contribution in [2.45, 2.75) is 38.3 Å². The van der Waals surface area contributed by atoms with Gasteiger partial charge in [-0.25, -0.2) is 0 Å². The van der Waals surface area contributed by atoms with Crippen molar-refractivity contribution in [1.82, 2.24) is 19.7 Å². The van der Waals surface area contributed by atoms with E-state index in [0.717, 1.165) is 27.4 Å². The number of nitrogens with one attached hydrogen (secondary N) is 2. The summed E-state index contributed by atoms with van der Waals surface area (Å²) >= 11 is 6.26. The number of fused-ring (bicyclic) bond motifs is 1. The van der Waals surface area contributed by atoms with Gasteiger partial charge in [-0.3, -0.25) is 4.68 Å². The molecule has 0 aliphatic heterocycles. The molecule has 0 radical (unpaired) electrons. The van der Waals surface area contributed by atoms with E-state index in [2.05, 4.69) is 20.7 Å². The molecule has 0 atom stereocenters. The monoisotopic (exact) mass is 356 g/mol. The second kappa shape index (κ2) is 6.88. The van der Waals surface area contributed by atoms with Gasteiger partial charge in [-0.15, -0.1) is 0 Å². The zero-order chi connectivity index (χ0) is 17.2. The minimum atomic E-state index is 0.460. The first-order valence-electron chi connectivity index (χ1n) is 8.64. The molecule has 25 heavy (non-hydrogen) atoms. The van der Waals surface area contributed by atoms with Crippen molar-refractivity contribution in [3.05, 3.63) is 41.0 Å². The Kier molecular flexibility index (Phi) is 4.44. The van der Waals surface area contributed by atoms with Gasteiger partial charge in [0.15, 0.2) is 5.65 Å². The molecule has 0 spiro atoms. The quantitative estimate of drug-likeness (QED) is 0.723. The molecule has 0 bridgehead atoms. The average Bonchev–Trinajstić information content (AvgIpc) is 3.25. The Morgan fingerprint density at radius 1 is 1.20 bits per heavy atom. The standard InChI is InChI=1S/C18H21ClN6/c1-25-17-14(11-21-25)16(20-10-12-6-2-5-9-15(12)19)23-18(24-17)22-13-7-3-4-8-13/h2,5-6,9,11,13H,3-4,7-8,10H2,1H3,(H2,20,22,23,24).